The van der Waals surface area contributed by atoms with Gasteiger partial charge in [-0.2, -0.15) is 0 Å². The van der Waals surface area contributed by atoms with Crippen molar-refractivity contribution in [3.05, 3.63) is 28.6 Å². The molecule has 0 bridgehead atoms. The van der Waals surface area contributed by atoms with E-state index in [-0.39, 0.29) is 12.5 Å². The van der Waals surface area contributed by atoms with Crippen molar-refractivity contribution in [3.63, 3.8) is 0 Å². The molecule has 0 fully saturated rings. The van der Waals surface area contributed by atoms with Crippen molar-refractivity contribution in [2.75, 3.05) is 24.9 Å². The van der Waals surface area contributed by atoms with E-state index < -0.39 is 6.09 Å². The SMILES string of the molecule is COc1ccc(-c2nc(NC(=O)OCCCl)sc2C)cc1C. The molecule has 2 aromatic rings. The zero-order valence-corrected chi connectivity index (χ0v) is 14.2. The summed E-state index contributed by atoms with van der Waals surface area (Å²) in [6.07, 6.45) is -0.549. The molecule has 1 aromatic heterocycles. The van der Waals surface area contributed by atoms with Crippen LogP contribution in [0.2, 0.25) is 0 Å². The van der Waals surface area contributed by atoms with E-state index in [0.717, 1.165) is 27.4 Å². The summed E-state index contributed by atoms with van der Waals surface area (Å²) >= 11 is 6.87. The summed E-state index contributed by atoms with van der Waals surface area (Å²) in [5, 5.41) is 3.11. The first-order chi connectivity index (χ1) is 10.5. The maximum absolute atomic E-state index is 11.5. The fraction of sp³-hybridized carbons (Fsp3) is 0.333. The normalized spacial score (nSPS) is 10.4. The van der Waals surface area contributed by atoms with Gasteiger partial charge in [-0.15, -0.1) is 22.9 Å². The Morgan fingerprint density at radius 1 is 1.41 bits per heavy atom. The number of carbonyl (C=O) groups excluding carboxylic acids is 1. The summed E-state index contributed by atoms with van der Waals surface area (Å²) in [4.78, 5) is 17.0. The van der Waals surface area contributed by atoms with Crippen LogP contribution in [-0.2, 0) is 4.74 Å². The lowest BCUT2D eigenvalue weighted by atomic mass is 10.1. The fourth-order valence-electron chi connectivity index (χ4n) is 2.00. The lowest BCUT2D eigenvalue weighted by molar-refractivity contribution is 0.168. The van der Waals surface area contributed by atoms with Crippen molar-refractivity contribution in [2.24, 2.45) is 0 Å². The van der Waals surface area contributed by atoms with E-state index >= 15 is 0 Å². The molecule has 0 unspecified atom stereocenters. The highest BCUT2D eigenvalue weighted by atomic mass is 35.5. The molecule has 0 aliphatic heterocycles. The third kappa shape index (κ3) is 3.90. The Bertz CT molecular complexity index is 673. The number of carbonyl (C=O) groups is 1. The zero-order chi connectivity index (χ0) is 16.1. The molecule has 118 valence electrons. The number of amides is 1. The lowest BCUT2D eigenvalue weighted by Gasteiger charge is -2.06. The predicted octanol–water partition coefficient (Wildman–Crippen LogP) is 4.22. The summed E-state index contributed by atoms with van der Waals surface area (Å²) in [5.41, 5.74) is 2.85. The van der Waals surface area contributed by atoms with Gasteiger partial charge in [-0.25, -0.2) is 9.78 Å². The number of benzene rings is 1. The fourth-order valence-corrected chi connectivity index (χ4v) is 2.90. The minimum absolute atomic E-state index is 0.169. The van der Waals surface area contributed by atoms with Gasteiger partial charge in [-0.3, -0.25) is 5.32 Å². The lowest BCUT2D eigenvalue weighted by Crippen LogP contribution is -2.14. The largest absolute Gasteiger partial charge is 0.496 e. The number of methoxy groups -OCH3 is 1. The number of halogens is 1. The van der Waals surface area contributed by atoms with Gasteiger partial charge in [0.2, 0.25) is 0 Å². The van der Waals surface area contributed by atoms with Gasteiger partial charge in [0.1, 0.15) is 12.4 Å². The Morgan fingerprint density at radius 3 is 2.82 bits per heavy atom. The van der Waals surface area contributed by atoms with Crippen LogP contribution in [0.4, 0.5) is 9.93 Å². The number of ether oxygens (including phenoxy) is 2. The smallest absolute Gasteiger partial charge is 0.413 e. The zero-order valence-electron chi connectivity index (χ0n) is 12.6. The van der Waals surface area contributed by atoms with Gasteiger partial charge in [0.05, 0.1) is 18.7 Å². The highest BCUT2D eigenvalue weighted by Gasteiger charge is 2.13. The van der Waals surface area contributed by atoms with Crippen LogP contribution in [0, 0.1) is 13.8 Å². The summed E-state index contributed by atoms with van der Waals surface area (Å²) in [6.45, 7) is 4.11. The number of anilines is 1. The molecule has 5 nitrogen and oxygen atoms in total. The van der Waals surface area contributed by atoms with Gasteiger partial charge in [0, 0.05) is 10.4 Å². The molecular weight excluding hydrogens is 324 g/mol. The Labute approximate surface area is 138 Å². The Kier molecular flexibility index (Phi) is 5.63. The van der Waals surface area contributed by atoms with Crippen molar-refractivity contribution in [2.45, 2.75) is 13.8 Å². The van der Waals surface area contributed by atoms with Gasteiger partial charge >= 0.3 is 6.09 Å². The first-order valence-corrected chi connectivity index (χ1v) is 8.02. The Morgan fingerprint density at radius 2 is 2.18 bits per heavy atom. The quantitative estimate of drug-likeness (QED) is 0.828. The maximum atomic E-state index is 11.5. The Hall–Kier alpha value is -1.79. The van der Waals surface area contributed by atoms with Crippen LogP contribution >= 0.6 is 22.9 Å². The molecule has 2 rings (SSSR count). The van der Waals surface area contributed by atoms with Crippen LogP contribution in [0.1, 0.15) is 10.4 Å². The molecule has 1 heterocycles. The van der Waals surface area contributed by atoms with E-state index in [2.05, 4.69) is 10.3 Å². The number of thiazole rings is 1. The van der Waals surface area contributed by atoms with Crippen molar-refractivity contribution < 1.29 is 14.3 Å². The summed E-state index contributed by atoms with van der Waals surface area (Å²) in [7, 11) is 1.64. The van der Waals surface area contributed by atoms with Gasteiger partial charge < -0.3 is 9.47 Å². The predicted molar refractivity (Wildman–Crippen MR) is 89.3 cm³/mol. The molecule has 0 saturated heterocycles. The molecular formula is C15H17ClN2O3S. The molecule has 0 saturated carbocycles. The maximum Gasteiger partial charge on any atom is 0.413 e. The van der Waals surface area contributed by atoms with E-state index in [1.807, 2.05) is 32.0 Å². The molecule has 7 heteroatoms. The minimum atomic E-state index is -0.549. The monoisotopic (exact) mass is 340 g/mol. The number of aromatic nitrogens is 1. The van der Waals surface area contributed by atoms with Crippen LogP contribution in [0.5, 0.6) is 5.75 Å². The van der Waals surface area contributed by atoms with E-state index in [0.29, 0.717) is 5.13 Å². The van der Waals surface area contributed by atoms with E-state index in [4.69, 9.17) is 21.1 Å². The van der Waals surface area contributed by atoms with Crippen molar-refractivity contribution in [1.82, 2.24) is 4.98 Å². The van der Waals surface area contributed by atoms with Crippen molar-refractivity contribution in [3.8, 4) is 17.0 Å². The second-order valence-electron chi connectivity index (χ2n) is 4.56. The first kappa shape index (κ1) is 16.6. The molecule has 1 amide bonds. The molecule has 0 spiro atoms. The van der Waals surface area contributed by atoms with Gasteiger partial charge in [-0.05, 0) is 37.6 Å². The summed E-state index contributed by atoms with van der Waals surface area (Å²) < 4.78 is 10.1. The van der Waals surface area contributed by atoms with Gasteiger partial charge in [-0.1, -0.05) is 0 Å². The highest BCUT2D eigenvalue weighted by Crippen LogP contribution is 2.32. The number of aryl methyl sites for hydroxylation is 2. The third-order valence-electron chi connectivity index (χ3n) is 2.98. The topological polar surface area (TPSA) is 60.5 Å². The number of hydrogen-bond acceptors (Lipinski definition) is 5. The number of hydrogen-bond donors (Lipinski definition) is 1. The molecule has 0 aliphatic carbocycles. The second-order valence-corrected chi connectivity index (χ2v) is 6.14. The van der Waals surface area contributed by atoms with Crippen LogP contribution in [0.3, 0.4) is 0 Å². The van der Waals surface area contributed by atoms with Gasteiger partial charge in [0.15, 0.2) is 5.13 Å². The molecule has 22 heavy (non-hydrogen) atoms. The molecule has 0 aliphatic rings. The third-order valence-corrected chi connectivity index (χ3v) is 4.02. The van der Waals surface area contributed by atoms with Crippen LogP contribution in [0.15, 0.2) is 18.2 Å². The van der Waals surface area contributed by atoms with E-state index in [1.165, 1.54) is 11.3 Å². The van der Waals surface area contributed by atoms with Gasteiger partial charge in [0.25, 0.3) is 0 Å². The summed E-state index contributed by atoms with van der Waals surface area (Å²) in [5.74, 6) is 1.10. The number of nitrogens with zero attached hydrogens (tertiary/aromatic N) is 1. The number of rotatable bonds is 5. The number of nitrogens with one attached hydrogen (secondary N) is 1. The average Bonchev–Trinajstić information content (AvgIpc) is 2.85. The standard InChI is InChI=1S/C15H17ClN2O3S/c1-9-8-11(4-5-12(9)20-3)13-10(2)22-14(17-13)18-15(19)21-7-6-16/h4-5,8H,6-7H2,1-3H3,(H,17,18,19). The van der Waals surface area contributed by atoms with E-state index in [1.54, 1.807) is 7.11 Å². The Balaban J connectivity index is 2.19. The van der Waals surface area contributed by atoms with E-state index in [9.17, 15) is 4.79 Å². The van der Waals surface area contributed by atoms with Crippen LogP contribution in [0.25, 0.3) is 11.3 Å². The molecule has 0 atom stereocenters. The average molecular weight is 341 g/mol. The highest BCUT2D eigenvalue weighted by molar-refractivity contribution is 7.16. The summed E-state index contributed by atoms with van der Waals surface area (Å²) in [6, 6.07) is 5.87. The number of alkyl halides is 1. The van der Waals surface area contributed by atoms with Crippen LogP contribution in [-0.4, -0.2) is 30.7 Å². The first-order valence-electron chi connectivity index (χ1n) is 6.67. The molecule has 1 aromatic carbocycles. The van der Waals surface area contributed by atoms with Crippen molar-refractivity contribution >= 4 is 34.2 Å². The molecule has 0 radical (unpaired) electrons. The molecule has 1 N–H and O–H groups in total. The second kappa shape index (κ2) is 7.47. The minimum Gasteiger partial charge on any atom is -0.496 e. The van der Waals surface area contributed by atoms with Crippen molar-refractivity contribution in [1.29, 1.82) is 0 Å². The van der Waals surface area contributed by atoms with Crippen LogP contribution < -0.4 is 10.1 Å².